The van der Waals surface area contributed by atoms with E-state index in [0.717, 1.165) is 48.5 Å². The number of carbonyl (C=O) groups is 1. The number of ether oxygens (including phenoxy) is 1. The predicted octanol–water partition coefficient (Wildman–Crippen LogP) is 2.80. The highest BCUT2D eigenvalue weighted by Crippen LogP contribution is 2.26. The molecule has 3 aromatic heterocycles. The van der Waals surface area contributed by atoms with Gasteiger partial charge in [0.25, 0.3) is 0 Å². The zero-order valence-electron chi connectivity index (χ0n) is 23.0. The first kappa shape index (κ1) is 27.2. The molecule has 0 radical (unpaired) electrons. The predicted molar refractivity (Wildman–Crippen MR) is 148 cm³/mol. The number of halogens is 1. The number of aromatic nitrogens is 6. The van der Waals surface area contributed by atoms with Crippen molar-refractivity contribution in [1.82, 2.24) is 33.8 Å². The van der Waals surface area contributed by atoms with Crippen LogP contribution in [0.1, 0.15) is 51.9 Å². The minimum absolute atomic E-state index is 0.0251. The van der Waals surface area contributed by atoms with E-state index in [9.17, 15) is 14.3 Å². The zero-order chi connectivity index (χ0) is 29.2. The summed E-state index contributed by atoms with van der Waals surface area (Å²) in [6.45, 7) is 2.81. The molecule has 214 valence electrons. The number of fused-ring (bicyclic) bond motifs is 1. The Morgan fingerprint density at radius 3 is 2.71 bits per heavy atom. The minimum atomic E-state index is -1.22. The molecular formula is C30H28FN8O3-. The third-order valence-electron chi connectivity index (χ3n) is 7.74. The Labute approximate surface area is 241 Å². The van der Waals surface area contributed by atoms with Gasteiger partial charge in [-0.1, -0.05) is 12.1 Å². The maximum absolute atomic E-state index is 14.2. The number of hydrogen-bond donors (Lipinski definition) is 0. The topological polar surface area (TPSA) is 130 Å². The van der Waals surface area contributed by atoms with Crippen molar-refractivity contribution in [3.05, 3.63) is 95.2 Å². The normalized spacial score (nSPS) is 14.3. The second-order valence-electron chi connectivity index (χ2n) is 10.4. The lowest BCUT2D eigenvalue weighted by Gasteiger charge is -2.31. The lowest BCUT2D eigenvalue weighted by atomic mass is 10.1. The molecule has 5 aromatic rings. The van der Waals surface area contributed by atoms with Crippen LogP contribution in [0.25, 0.3) is 11.0 Å². The number of nitriles is 1. The van der Waals surface area contributed by atoms with Crippen LogP contribution in [0.4, 0.5) is 4.39 Å². The van der Waals surface area contributed by atoms with E-state index >= 15 is 0 Å². The van der Waals surface area contributed by atoms with Gasteiger partial charge in [-0.25, -0.2) is 14.4 Å². The summed E-state index contributed by atoms with van der Waals surface area (Å²) in [6.07, 6.45) is 7.17. The third-order valence-corrected chi connectivity index (χ3v) is 7.74. The second-order valence-corrected chi connectivity index (χ2v) is 10.4. The lowest BCUT2D eigenvalue weighted by Crippen LogP contribution is -2.35. The number of imidazole rings is 2. The number of nitrogens with zero attached hydrogens (tertiary/aromatic N) is 8. The number of piperidine rings is 1. The highest BCUT2D eigenvalue weighted by atomic mass is 19.1. The largest absolute Gasteiger partial charge is 0.545 e. The summed E-state index contributed by atoms with van der Waals surface area (Å²) in [5.41, 5.74) is 3.20. The van der Waals surface area contributed by atoms with Gasteiger partial charge in [-0.3, -0.25) is 9.58 Å². The molecule has 0 N–H and O–H groups in total. The number of aromatic carboxylic acids is 1. The minimum Gasteiger partial charge on any atom is -0.545 e. The Morgan fingerprint density at radius 2 is 2.00 bits per heavy atom. The molecule has 4 heterocycles. The smallest absolute Gasteiger partial charge is 0.233 e. The average molecular weight is 568 g/mol. The molecule has 12 heteroatoms. The Bertz CT molecular complexity index is 1790. The molecule has 6 rings (SSSR count). The Morgan fingerprint density at radius 1 is 1.17 bits per heavy atom. The fraction of sp³-hybridized carbons (Fsp3) is 0.300. The molecule has 1 fully saturated rings. The summed E-state index contributed by atoms with van der Waals surface area (Å²) in [4.78, 5) is 23.0. The number of hydrogen-bond acceptors (Lipinski definition) is 8. The van der Waals surface area contributed by atoms with E-state index in [-0.39, 0.29) is 23.8 Å². The van der Waals surface area contributed by atoms with Gasteiger partial charge < -0.3 is 23.8 Å². The van der Waals surface area contributed by atoms with E-state index in [4.69, 9.17) is 15.0 Å². The summed E-state index contributed by atoms with van der Waals surface area (Å²) < 4.78 is 25.8. The van der Waals surface area contributed by atoms with Crippen molar-refractivity contribution in [3.63, 3.8) is 0 Å². The molecule has 1 saturated heterocycles. The van der Waals surface area contributed by atoms with Gasteiger partial charge in [0.05, 0.1) is 59.8 Å². The van der Waals surface area contributed by atoms with Crippen molar-refractivity contribution in [2.75, 3.05) is 13.1 Å². The molecule has 0 bridgehead atoms. The van der Waals surface area contributed by atoms with Crippen LogP contribution < -0.4 is 9.84 Å². The van der Waals surface area contributed by atoms with Gasteiger partial charge in [-0.2, -0.15) is 5.26 Å². The Hall–Kier alpha value is -5.02. The molecule has 0 aliphatic carbocycles. The molecule has 0 amide bonds. The van der Waals surface area contributed by atoms with Crippen LogP contribution in [0.5, 0.6) is 5.88 Å². The summed E-state index contributed by atoms with van der Waals surface area (Å²) in [6, 6.07) is 13.1. The fourth-order valence-corrected chi connectivity index (χ4v) is 5.32. The highest BCUT2D eigenvalue weighted by molar-refractivity contribution is 5.91. The Balaban J connectivity index is 1.11. The van der Waals surface area contributed by atoms with Gasteiger partial charge in [-0.15, -0.1) is 5.10 Å². The number of rotatable bonds is 9. The number of carboxylic acid groups (broad SMARTS) is 1. The summed E-state index contributed by atoms with van der Waals surface area (Å²) in [7, 11) is 1.93. The van der Waals surface area contributed by atoms with E-state index in [2.05, 4.69) is 19.5 Å². The fourth-order valence-electron chi connectivity index (χ4n) is 5.32. The van der Waals surface area contributed by atoms with Gasteiger partial charge >= 0.3 is 0 Å². The third kappa shape index (κ3) is 5.59. The van der Waals surface area contributed by atoms with Crippen LogP contribution >= 0.6 is 0 Å². The molecule has 1 aliphatic heterocycles. The summed E-state index contributed by atoms with van der Waals surface area (Å²) in [5.74, 6) is -0.428. The molecule has 2 aromatic carbocycles. The van der Waals surface area contributed by atoms with Crippen molar-refractivity contribution < 1.29 is 19.0 Å². The van der Waals surface area contributed by atoms with Crippen LogP contribution in [0.15, 0.2) is 61.2 Å². The second kappa shape index (κ2) is 11.5. The van der Waals surface area contributed by atoms with Gasteiger partial charge in [0.2, 0.25) is 5.88 Å². The molecule has 1 aliphatic rings. The van der Waals surface area contributed by atoms with Gasteiger partial charge in [0, 0.05) is 44.2 Å². The van der Waals surface area contributed by atoms with Gasteiger partial charge in [-0.05, 0) is 42.7 Å². The number of carboxylic acids is 1. The number of aryl methyl sites for hydroxylation is 1. The maximum atomic E-state index is 14.2. The Kier molecular flexibility index (Phi) is 7.41. The van der Waals surface area contributed by atoms with Crippen molar-refractivity contribution in [2.45, 2.75) is 38.6 Å². The molecular weight excluding hydrogens is 539 g/mol. The van der Waals surface area contributed by atoms with E-state index < -0.39 is 11.8 Å². The molecule has 0 unspecified atom stereocenters. The van der Waals surface area contributed by atoms with Gasteiger partial charge in [0.15, 0.2) is 0 Å². The zero-order valence-corrected chi connectivity index (χ0v) is 23.0. The molecule has 11 nitrogen and oxygen atoms in total. The van der Waals surface area contributed by atoms with Crippen LogP contribution in [-0.2, 0) is 26.7 Å². The van der Waals surface area contributed by atoms with Crippen molar-refractivity contribution in [1.29, 1.82) is 5.26 Å². The van der Waals surface area contributed by atoms with Crippen LogP contribution in [0, 0.1) is 17.1 Å². The summed E-state index contributed by atoms with van der Waals surface area (Å²) >= 11 is 0. The maximum Gasteiger partial charge on any atom is 0.233 e. The van der Waals surface area contributed by atoms with Gasteiger partial charge in [0.1, 0.15) is 18.2 Å². The van der Waals surface area contributed by atoms with Crippen LogP contribution in [0.2, 0.25) is 0 Å². The summed E-state index contributed by atoms with van der Waals surface area (Å²) in [5, 5.41) is 25.0. The van der Waals surface area contributed by atoms with Crippen molar-refractivity contribution in [3.8, 4) is 11.9 Å². The van der Waals surface area contributed by atoms with E-state index in [0.29, 0.717) is 24.5 Å². The van der Waals surface area contributed by atoms with Crippen molar-refractivity contribution in [2.24, 2.45) is 7.05 Å². The number of carbonyl (C=O) groups excluding carboxylic acids is 1. The molecule has 0 atom stereocenters. The molecule has 0 saturated carbocycles. The first-order valence-corrected chi connectivity index (χ1v) is 13.6. The highest BCUT2D eigenvalue weighted by Gasteiger charge is 2.24. The van der Waals surface area contributed by atoms with E-state index in [1.165, 1.54) is 12.1 Å². The molecule has 42 heavy (non-hydrogen) atoms. The van der Waals surface area contributed by atoms with Crippen molar-refractivity contribution >= 4 is 17.0 Å². The van der Waals surface area contributed by atoms with E-state index in [1.807, 2.05) is 28.6 Å². The quantitative estimate of drug-likeness (QED) is 0.266. The molecule has 0 spiro atoms. The van der Waals surface area contributed by atoms with Crippen LogP contribution in [0.3, 0.4) is 0 Å². The lowest BCUT2D eigenvalue weighted by molar-refractivity contribution is -0.255. The first-order valence-electron chi connectivity index (χ1n) is 13.6. The first-order chi connectivity index (χ1) is 20.4. The SMILES string of the molecule is Cn1cncc1Cn1c(CN2CCC(n3ccc(OCc4ccc(C#N)cc4F)n3)CC2)nc2ccc(C(=O)[O-])cc21. The number of benzene rings is 2. The average Bonchev–Trinajstić information content (AvgIpc) is 3.72. The van der Waals surface area contributed by atoms with Crippen LogP contribution in [-0.4, -0.2) is 52.8 Å². The number of likely N-dealkylation sites (tertiary alicyclic amines) is 1. The standard InChI is InChI=1S/C30H29FN8O3/c1-36-19-33-15-24(36)16-38-27-13-21(30(40)41)4-5-26(27)34-28(38)17-37-9-6-23(7-10-37)39-11-8-29(35-39)42-18-22-3-2-20(14-32)12-25(22)31/h2-5,8,11-13,15,19,23H,6-7,9-10,16-18H2,1H3,(H,40,41)/p-1. The monoisotopic (exact) mass is 567 g/mol. The van der Waals surface area contributed by atoms with E-state index in [1.54, 1.807) is 42.9 Å².